The molecule has 0 aliphatic carbocycles. The van der Waals surface area contributed by atoms with Crippen molar-refractivity contribution >= 4 is 23.0 Å². The van der Waals surface area contributed by atoms with E-state index in [0.29, 0.717) is 28.5 Å². The van der Waals surface area contributed by atoms with Crippen LogP contribution in [0.15, 0.2) is 41.7 Å². The average molecular weight is 414 g/mol. The van der Waals surface area contributed by atoms with Crippen molar-refractivity contribution in [3.05, 3.63) is 53.6 Å². The first-order valence-electron chi connectivity index (χ1n) is 9.13. The second-order valence-electron chi connectivity index (χ2n) is 6.91. The number of halogens is 3. The fourth-order valence-electron chi connectivity index (χ4n) is 3.20. The number of carbonyl (C=O) groups excluding carboxylic acids is 1. The van der Waals surface area contributed by atoms with E-state index in [0.717, 1.165) is 5.56 Å². The number of nitrogens with one attached hydrogen (secondary N) is 1. The number of amides is 1. The number of rotatable bonds is 3. The summed E-state index contributed by atoms with van der Waals surface area (Å²) in [4.78, 5) is 24.6. The lowest BCUT2D eigenvalue weighted by Crippen LogP contribution is -2.25. The van der Waals surface area contributed by atoms with E-state index in [-0.39, 0.29) is 24.4 Å². The van der Waals surface area contributed by atoms with Gasteiger partial charge in [0, 0.05) is 30.9 Å². The molecule has 3 aromatic rings. The van der Waals surface area contributed by atoms with Crippen LogP contribution in [0, 0.1) is 6.92 Å². The minimum absolute atomic E-state index is 0.147. The number of carbonyl (C=O) groups is 1. The molecule has 0 atom stereocenters. The van der Waals surface area contributed by atoms with Gasteiger partial charge in [-0.05, 0) is 43.2 Å². The predicted molar refractivity (Wildman–Crippen MR) is 105 cm³/mol. The number of hydrogen-bond acceptors (Lipinski definition) is 5. The normalized spacial score (nSPS) is 13.6. The third-order valence-corrected chi connectivity index (χ3v) is 4.81. The van der Waals surface area contributed by atoms with Crippen molar-refractivity contribution in [2.24, 2.45) is 12.0 Å². The van der Waals surface area contributed by atoms with Crippen molar-refractivity contribution in [3.8, 4) is 11.4 Å². The Balaban J connectivity index is 1.57. The summed E-state index contributed by atoms with van der Waals surface area (Å²) in [5, 5.41) is 6.81. The van der Waals surface area contributed by atoms with Crippen molar-refractivity contribution in [1.29, 1.82) is 0 Å². The van der Waals surface area contributed by atoms with Crippen LogP contribution in [0.2, 0.25) is 0 Å². The molecule has 1 aliphatic heterocycles. The number of nitrogens with zero attached hydrogens (tertiary/aromatic N) is 5. The molecule has 1 amide bonds. The van der Waals surface area contributed by atoms with Gasteiger partial charge in [0.1, 0.15) is 17.1 Å². The number of anilines is 1. The molecule has 10 heteroatoms. The molecule has 7 nitrogen and oxygen atoms in total. The Kier molecular flexibility index (Phi) is 4.84. The van der Waals surface area contributed by atoms with Crippen LogP contribution >= 0.6 is 0 Å². The Morgan fingerprint density at radius 2 is 2.00 bits per heavy atom. The predicted octanol–water partition coefficient (Wildman–Crippen LogP) is 4.02. The van der Waals surface area contributed by atoms with Crippen molar-refractivity contribution in [3.63, 3.8) is 0 Å². The fourth-order valence-corrected chi connectivity index (χ4v) is 3.20. The maximum Gasteiger partial charge on any atom is 0.429 e. The Morgan fingerprint density at radius 3 is 2.67 bits per heavy atom. The van der Waals surface area contributed by atoms with Crippen molar-refractivity contribution in [2.75, 3.05) is 5.32 Å². The van der Waals surface area contributed by atoms with Gasteiger partial charge in [-0.3, -0.25) is 9.48 Å². The van der Waals surface area contributed by atoms with Crippen LogP contribution in [0.25, 0.3) is 11.4 Å². The molecule has 0 saturated carbocycles. The van der Waals surface area contributed by atoms with Crippen LogP contribution in [0.4, 0.5) is 24.5 Å². The molecule has 2 aromatic heterocycles. The first kappa shape index (κ1) is 19.7. The molecular weight excluding hydrogens is 397 g/mol. The fraction of sp³-hybridized carbons (Fsp3) is 0.250. The molecule has 0 saturated heterocycles. The van der Waals surface area contributed by atoms with Gasteiger partial charge >= 0.3 is 6.18 Å². The van der Waals surface area contributed by atoms with Gasteiger partial charge in [0.2, 0.25) is 0 Å². The highest BCUT2D eigenvalue weighted by molar-refractivity contribution is 6.03. The monoisotopic (exact) mass is 414 g/mol. The number of aliphatic imine (C=N–C) groups is 1. The minimum atomic E-state index is -4.44. The number of aromatic nitrogens is 4. The van der Waals surface area contributed by atoms with Crippen LogP contribution in [-0.4, -0.2) is 37.5 Å². The second-order valence-corrected chi connectivity index (χ2v) is 6.91. The van der Waals surface area contributed by atoms with Gasteiger partial charge in [-0.2, -0.15) is 18.3 Å². The van der Waals surface area contributed by atoms with Gasteiger partial charge in [0.05, 0.1) is 11.9 Å². The summed E-state index contributed by atoms with van der Waals surface area (Å²) in [6, 6.07) is 6.92. The lowest BCUT2D eigenvalue weighted by atomic mass is 10.1. The zero-order valence-electron chi connectivity index (χ0n) is 16.2. The molecule has 0 bridgehead atoms. The molecule has 0 radical (unpaired) electrons. The van der Waals surface area contributed by atoms with Crippen LogP contribution in [0.1, 0.15) is 28.2 Å². The number of benzene rings is 1. The van der Waals surface area contributed by atoms with Crippen molar-refractivity contribution < 1.29 is 18.0 Å². The van der Waals surface area contributed by atoms with Crippen LogP contribution in [-0.2, 0) is 13.5 Å². The molecule has 1 aliphatic rings. The molecule has 30 heavy (non-hydrogen) atoms. The van der Waals surface area contributed by atoms with Gasteiger partial charge in [-0.25, -0.2) is 15.0 Å². The van der Waals surface area contributed by atoms with E-state index in [1.54, 1.807) is 31.4 Å². The summed E-state index contributed by atoms with van der Waals surface area (Å²) >= 11 is 0. The highest BCUT2D eigenvalue weighted by Gasteiger charge is 2.37. The maximum absolute atomic E-state index is 12.9. The number of hydrogen-bond donors (Lipinski definition) is 1. The molecule has 0 fully saturated rings. The third kappa shape index (κ3) is 3.80. The summed E-state index contributed by atoms with van der Waals surface area (Å²) in [5.41, 5.74) is 2.36. The van der Waals surface area contributed by atoms with Crippen LogP contribution in [0.5, 0.6) is 0 Å². The van der Waals surface area contributed by atoms with Gasteiger partial charge in [0.15, 0.2) is 5.82 Å². The van der Waals surface area contributed by atoms with Crippen molar-refractivity contribution in [1.82, 2.24) is 19.7 Å². The summed E-state index contributed by atoms with van der Waals surface area (Å²) < 4.78 is 40.1. The third-order valence-electron chi connectivity index (χ3n) is 4.81. The zero-order chi connectivity index (χ0) is 21.5. The lowest BCUT2D eigenvalue weighted by Gasteiger charge is -2.17. The van der Waals surface area contributed by atoms with E-state index in [1.807, 2.05) is 13.0 Å². The highest BCUT2D eigenvalue weighted by Crippen LogP contribution is 2.32. The molecule has 0 spiro atoms. The molecular formula is C20H17F3N6O. The Bertz CT molecular complexity index is 1170. The number of aryl methyl sites for hydroxylation is 3. The van der Waals surface area contributed by atoms with Gasteiger partial charge in [-0.15, -0.1) is 0 Å². The van der Waals surface area contributed by atoms with Gasteiger partial charge < -0.3 is 5.32 Å². The Hall–Kier alpha value is -3.56. The van der Waals surface area contributed by atoms with Crippen LogP contribution in [0.3, 0.4) is 0 Å². The van der Waals surface area contributed by atoms with E-state index in [4.69, 9.17) is 0 Å². The van der Waals surface area contributed by atoms with E-state index < -0.39 is 11.9 Å². The van der Waals surface area contributed by atoms with Crippen LogP contribution < -0.4 is 5.32 Å². The lowest BCUT2D eigenvalue weighted by molar-refractivity contribution is -0.0605. The molecule has 1 N–H and O–H groups in total. The average Bonchev–Trinajstić information content (AvgIpc) is 3.14. The Morgan fingerprint density at radius 1 is 1.20 bits per heavy atom. The van der Waals surface area contributed by atoms with Gasteiger partial charge in [-0.1, -0.05) is 0 Å². The maximum atomic E-state index is 12.9. The Labute approximate surface area is 169 Å². The summed E-state index contributed by atoms with van der Waals surface area (Å²) in [6.45, 7) is 1.83. The molecule has 0 unspecified atom stereocenters. The summed E-state index contributed by atoms with van der Waals surface area (Å²) in [7, 11) is 1.68. The number of alkyl halides is 3. The van der Waals surface area contributed by atoms with Gasteiger partial charge in [0.25, 0.3) is 5.91 Å². The van der Waals surface area contributed by atoms with E-state index in [9.17, 15) is 18.0 Å². The standard InChI is InChI=1S/C20H17F3N6O/c1-11-9-12(3-4-13(11)28-19(30)16-7-8-25-29(16)2)18-24-10-15-14(27-18)5-6-17(26-15)20(21,22)23/h3-4,7-10H,5-6H2,1-2H3,(H,28,30). The molecule has 1 aromatic carbocycles. The van der Waals surface area contributed by atoms with E-state index in [2.05, 4.69) is 25.4 Å². The zero-order valence-corrected chi connectivity index (χ0v) is 16.2. The molecule has 3 heterocycles. The first-order chi connectivity index (χ1) is 14.2. The summed E-state index contributed by atoms with van der Waals surface area (Å²) in [6.07, 6.45) is -1.63. The smallest absolute Gasteiger partial charge is 0.320 e. The number of fused-ring (bicyclic) bond motifs is 1. The highest BCUT2D eigenvalue weighted by atomic mass is 19.4. The first-order valence-corrected chi connectivity index (χ1v) is 9.13. The SMILES string of the molecule is Cc1cc(-c2ncc3c(n2)CCC(C(F)(F)F)=N3)ccc1NC(=O)c1ccnn1C. The van der Waals surface area contributed by atoms with E-state index in [1.165, 1.54) is 10.9 Å². The topological polar surface area (TPSA) is 85.1 Å². The van der Waals surface area contributed by atoms with E-state index >= 15 is 0 Å². The summed E-state index contributed by atoms with van der Waals surface area (Å²) in [5.74, 6) is 0.112. The quantitative estimate of drug-likeness (QED) is 0.702. The minimum Gasteiger partial charge on any atom is -0.320 e. The molecule has 154 valence electrons. The van der Waals surface area contributed by atoms with Crippen molar-refractivity contribution in [2.45, 2.75) is 25.9 Å². The molecule has 4 rings (SSSR count). The largest absolute Gasteiger partial charge is 0.429 e. The second kappa shape index (κ2) is 7.36.